The van der Waals surface area contributed by atoms with Crippen LogP contribution >= 0.6 is 11.8 Å². The number of unbranched alkanes of at least 4 members (excludes halogenated alkanes) is 1. The topological polar surface area (TPSA) is 39.4 Å². The van der Waals surface area contributed by atoms with E-state index in [0.29, 0.717) is 13.0 Å². The van der Waals surface area contributed by atoms with E-state index in [9.17, 15) is 4.79 Å². The molecule has 4 heteroatoms. The van der Waals surface area contributed by atoms with Crippen LogP contribution in [0.3, 0.4) is 0 Å². The molecule has 1 rings (SSSR count). The van der Waals surface area contributed by atoms with Crippen LogP contribution in [0.4, 0.5) is 0 Å². The Balaban J connectivity index is 1.95. The molecule has 0 aliphatic rings. The smallest absolute Gasteiger partial charge is 0.305 e. The van der Waals surface area contributed by atoms with Crippen LogP contribution in [0.2, 0.25) is 0 Å². The van der Waals surface area contributed by atoms with Crippen LogP contribution < -0.4 is 0 Å². The van der Waals surface area contributed by atoms with Gasteiger partial charge in [0.05, 0.1) is 12.9 Å². The van der Waals surface area contributed by atoms with E-state index in [1.807, 2.05) is 19.1 Å². The SMILES string of the molecule is CCOC(=O)CCCCSc1ccco1. The largest absolute Gasteiger partial charge is 0.466 e. The third-order valence-electron chi connectivity index (χ3n) is 1.82. The van der Waals surface area contributed by atoms with Gasteiger partial charge in [0.25, 0.3) is 0 Å². The summed E-state index contributed by atoms with van der Waals surface area (Å²) in [5, 5.41) is 0.936. The number of hydrogen-bond acceptors (Lipinski definition) is 4. The minimum atomic E-state index is -0.0968. The molecule has 0 bridgehead atoms. The summed E-state index contributed by atoms with van der Waals surface area (Å²) in [6.45, 7) is 2.30. The van der Waals surface area contributed by atoms with E-state index in [1.165, 1.54) is 0 Å². The first-order valence-corrected chi connectivity index (χ1v) is 6.13. The van der Waals surface area contributed by atoms with Crippen molar-refractivity contribution >= 4 is 17.7 Å². The van der Waals surface area contributed by atoms with Crippen molar-refractivity contribution in [2.45, 2.75) is 31.3 Å². The molecule has 84 valence electrons. The Hall–Kier alpha value is -0.900. The summed E-state index contributed by atoms with van der Waals surface area (Å²) < 4.78 is 10.0. The van der Waals surface area contributed by atoms with Gasteiger partial charge < -0.3 is 9.15 Å². The first-order chi connectivity index (χ1) is 7.33. The zero-order chi connectivity index (χ0) is 10.9. The maximum absolute atomic E-state index is 11.0. The van der Waals surface area contributed by atoms with Gasteiger partial charge in [-0.3, -0.25) is 4.79 Å². The number of hydrogen-bond donors (Lipinski definition) is 0. The van der Waals surface area contributed by atoms with E-state index in [2.05, 4.69) is 0 Å². The lowest BCUT2D eigenvalue weighted by molar-refractivity contribution is -0.143. The molecule has 0 fully saturated rings. The Bertz CT molecular complexity index is 269. The fourth-order valence-corrected chi connectivity index (χ4v) is 1.97. The first kappa shape index (κ1) is 12.2. The van der Waals surface area contributed by atoms with Gasteiger partial charge in [-0.2, -0.15) is 0 Å². The second-order valence-electron chi connectivity index (χ2n) is 3.04. The van der Waals surface area contributed by atoms with Crippen molar-refractivity contribution < 1.29 is 13.9 Å². The van der Waals surface area contributed by atoms with Crippen LogP contribution in [0.1, 0.15) is 26.2 Å². The van der Waals surface area contributed by atoms with Gasteiger partial charge in [0.1, 0.15) is 0 Å². The average Bonchev–Trinajstić information content (AvgIpc) is 2.70. The molecule has 0 N–H and O–H groups in total. The standard InChI is InChI=1S/C11H16O3S/c1-2-13-10(12)6-3-4-9-15-11-7-5-8-14-11/h5,7-8H,2-4,6,9H2,1H3. The number of carbonyl (C=O) groups is 1. The lowest BCUT2D eigenvalue weighted by atomic mass is 10.2. The Kier molecular flexibility index (Phi) is 6.00. The first-order valence-electron chi connectivity index (χ1n) is 5.15. The summed E-state index contributed by atoms with van der Waals surface area (Å²) in [6, 6.07) is 3.82. The van der Waals surface area contributed by atoms with Crippen molar-refractivity contribution in [2.75, 3.05) is 12.4 Å². The molecule has 0 spiro atoms. The van der Waals surface area contributed by atoms with Crippen LogP contribution in [-0.4, -0.2) is 18.3 Å². The Morgan fingerprint density at radius 2 is 2.40 bits per heavy atom. The maximum atomic E-state index is 11.0. The summed E-state index contributed by atoms with van der Waals surface area (Å²) >= 11 is 1.67. The highest BCUT2D eigenvalue weighted by Gasteiger charge is 2.01. The highest BCUT2D eigenvalue weighted by Crippen LogP contribution is 2.19. The molecule has 3 nitrogen and oxygen atoms in total. The third-order valence-corrected chi connectivity index (χ3v) is 2.83. The zero-order valence-electron chi connectivity index (χ0n) is 8.90. The quantitative estimate of drug-likeness (QED) is 0.408. The molecule has 0 atom stereocenters. The number of thioether (sulfide) groups is 1. The molecule has 1 aromatic heterocycles. The molecule has 0 saturated carbocycles. The van der Waals surface area contributed by atoms with Crippen LogP contribution in [-0.2, 0) is 9.53 Å². The highest BCUT2D eigenvalue weighted by atomic mass is 32.2. The van der Waals surface area contributed by atoms with Crippen LogP contribution in [0.5, 0.6) is 0 Å². The van der Waals surface area contributed by atoms with E-state index in [0.717, 1.165) is 23.7 Å². The molecule has 0 radical (unpaired) electrons. The van der Waals surface area contributed by atoms with Gasteiger partial charge in [-0.1, -0.05) is 11.8 Å². The van der Waals surface area contributed by atoms with Gasteiger partial charge in [0, 0.05) is 12.2 Å². The van der Waals surface area contributed by atoms with Gasteiger partial charge in [-0.25, -0.2) is 0 Å². The van der Waals surface area contributed by atoms with Crippen molar-refractivity contribution in [1.82, 2.24) is 0 Å². The van der Waals surface area contributed by atoms with Crippen LogP contribution in [0.25, 0.3) is 0 Å². The predicted molar refractivity (Wildman–Crippen MR) is 59.9 cm³/mol. The summed E-state index contributed by atoms with van der Waals surface area (Å²) in [7, 11) is 0. The molecule has 0 aliphatic heterocycles. The summed E-state index contributed by atoms with van der Waals surface area (Å²) in [6.07, 6.45) is 4.07. The van der Waals surface area contributed by atoms with Gasteiger partial charge in [-0.15, -0.1) is 0 Å². The molecule has 0 unspecified atom stereocenters. The van der Waals surface area contributed by atoms with Crippen molar-refractivity contribution in [2.24, 2.45) is 0 Å². The number of furan rings is 1. The highest BCUT2D eigenvalue weighted by molar-refractivity contribution is 7.99. The fraction of sp³-hybridized carbons (Fsp3) is 0.545. The van der Waals surface area contributed by atoms with Gasteiger partial charge in [-0.05, 0) is 31.9 Å². The Labute approximate surface area is 94.2 Å². The fourth-order valence-electron chi connectivity index (χ4n) is 1.12. The van der Waals surface area contributed by atoms with Gasteiger partial charge >= 0.3 is 5.97 Å². The zero-order valence-corrected chi connectivity index (χ0v) is 9.72. The second kappa shape index (κ2) is 7.40. The van der Waals surface area contributed by atoms with Crippen molar-refractivity contribution in [1.29, 1.82) is 0 Å². The molecule has 1 aromatic rings. The normalized spacial score (nSPS) is 10.2. The number of carbonyl (C=O) groups excluding carboxylic acids is 1. The monoisotopic (exact) mass is 228 g/mol. The number of rotatable bonds is 7. The number of ether oxygens (including phenoxy) is 1. The lowest BCUT2D eigenvalue weighted by Gasteiger charge is -2.00. The minimum Gasteiger partial charge on any atom is -0.466 e. The van der Waals surface area contributed by atoms with E-state index in [1.54, 1.807) is 18.0 Å². The summed E-state index contributed by atoms with van der Waals surface area (Å²) in [5.74, 6) is 0.882. The summed E-state index contributed by atoms with van der Waals surface area (Å²) in [5.41, 5.74) is 0. The van der Waals surface area contributed by atoms with E-state index in [-0.39, 0.29) is 5.97 Å². The number of esters is 1. The minimum absolute atomic E-state index is 0.0968. The molecular weight excluding hydrogens is 212 g/mol. The van der Waals surface area contributed by atoms with Gasteiger partial charge in [0.2, 0.25) is 0 Å². The molecule has 1 heterocycles. The van der Waals surface area contributed by atoms with Crippen LogP contribution in [0, 0.1) is 0 Å². The predicted octanol–water partition coefficient (Wildman–Crippen LogP) is 3.11. The third kappa shape index (κ3) is 5.52. The van der Waals surface area contributed by atoms with E-state index < -0.39 is 0 Å². The molecule has 0 amide bonds. The molecule has 0 aromatic carbocycles. The molecule has 0 saturated heterocycles. The summed E-state index contributed by atoms with van der Waals surface area (Å²) in [4.78, 5) is 11.0. The molecular formula is C11H16O3S. The maximum Gasteiger partial charge on any atom is 0.305 e. The van der Waals surface area contributed by atoms with Crippen molar-refractivity contribution in [3.05, 3.63) is 18.4 Å². The Morgan fingerprint density at radius 1 is 1.53 bits per heavy atom. The Morgan fingerprint density at radius 3 is 3.07 bits per heavy atom. The molecule has 15 heavy (non-hydrogen) atoms. The average molecular weight is 228 g/mol. The van der Waals surface area contributed by atoms with Crippen LogP contribution in [0.15, 0.2) is 27.9 Å². The van der Waals surface area contributed by atoms with E-state index in [4.69, 9.17) is 9.15 Å². The van der Waals surface area contributed by atoms with Crippen molar-refractivity contribution in [3.8, 4) is 0 Å². The van der Waals surface area contributed by atoms with E-state index >= 15 is 0 Å². The van der Waals surface area contributed by atoms with Gasteiger partial charge in [0.15, 0.2) is 5.09 Å². The lowest BCUT2D eigenvalue weighted by Crippen LogP contribution is -2.03. The van der Waals surface area contributed by atoms with Crippen molar-refractivity contribution in [3.63, 3.8) is 0 Å². The molecule has 0 aliphatic carbocycles. The second-order valence-corrected chi connectivity index (χ2v) is 4.14.